The Balaban J connectivity index is 0.000000268. The molecular formula is C54H60F6N6O18S2. The standard InChI is InChI=1S/2C21H24F3N3O3S.3C4H4O4/c2*22-21(23,24)15-10-16-18(28)12-19(31-20(16)17(11-15)27(29)30)26-8-6-25(7-9-26)13-14-4-2-1-3-5-14;3*5-3(6)1-2-4(7)8/h2*10-12,14H,1-9,13H2;3*1-2H,(H,5,6)(H,7,8)/b;;3*2-1+. The Kier molecular flexibility index (Phi) is 26.7. The van der Waals surface area contributed by atoms with Crippen molar-refractivity contribution >= 4 is 100 Å². The fraction of sp³-hybridized carbons (Fsp3) is 0.444. The van der Waals surface area contributed by atoms with Crippen LogP contribution in [0.4, 0.5) is 47.7 Å². The summed E-state index contributed by atoms with van der Waals surface area (Å²) in [6.45, 7) is 8.24. The highest BCUT2D eigenvalue weighted by molar-refractivity contribution is 7.23. The van der Waals surface area contributed by atoms with Crippen molar-refractivity contribution in [2.24, 2.45) is 11.8 Å². The van der Waals surface area contributed by atoms with E-state index < -0.39 is 91.4 Å². The predicted molar refractivity (Wildman–Crippen MR) is 303 cm³/mol. The number of halogens is 6. The third kappa shape index (κ3) is 23.2. The number of nitrogens with zero attached hydrogens (tertiary/aromatic N) is 6. The van der Waals surface area contributed by atoms with Gasteiger partial charge in [-0.25, -0.2) is 28.8 Å². The highest BCUT2D eigenvalue weighted by Crippen LogP contribution is 2.41. The molecule has 4 fully saturated rings. The number of nitro groups is 2. The van der Waals surface area contributed by atoms with E-state index in [2.05, 4.69) is 9.80 Å². The van der Waals surface area contributed by atoms with Crippen molar-refractivity contribution in [1.29, 1.82) is 0 Å². The van der Waals surface area contributed by atoms with Gasteiger partial charge in [0.1, 0.15) is 9.40 Å². The Hall–Kier alpha value is -8.36. The maximum Gasteiger partial charge on any atom is 0.416 e. The molecule has 4 aromatic rings. The molecule has 2 aliphatic carbocycles. The zero-order chi connectivity index (χ0) is 64.1. The van der Waals surface area contributed by atoms with Crippen molar-refractivity contribution in [2.45, 2.75) is 76.6 Å². The van der Waals surface area contributed by atoms with Crippen LogP contribution in [0, 0.1) is 32.1 Å². The van der Waals surface area contributed by atoms with Gasteiger partial charge in [-0.15, -0.1) is 22.7 Å². The van der Waals surface area contributed by atoms with Crippen LogP contribution in [0.5, 0.6) is 0 Å². The number of nitro benzene ring substituents is 2. The second-order valence-electron chi connectivity index (χ2n) is 19.8. The summed E-state index contributed by atoms with van der Waals surface area (Å²) in [6.07, 6.45) is 6.75. The molecule has 2 aromatic heterocycles. The summed E-state index contributed by atoms with van der Waals surface area (Å²) in [7, 11) is 0. The average molecular weight is 1260 g/mol. The van der Waals surface area contributed by atoms with Crippen molar-refractivity contribution in [3.8, 4) is 0 Å². The minimum atomic E-state index is -4.76. The van der Waals surface area contributed by atoms with Gasteiger partial charge in [0, 0.05) is 137 Å². The topological polar surface area (TPSA) is 357 Å². The SMILES string of the molecule is O=C(O)/C=C/C(=O)O.O=C(O)/C=C/C(=O)O.O=C(O)/C=C/C(=O)O.O=c1cc(N2CCN(CC3CCCCC3)CC2)sc2c([N+](=O)[O-])cc(C(F)(F)F)cc12.O=c1cc(N2CCN(CC3CCCCC3)CC2)sc2c([N+](=O)[O-])cc(C(F)(F)F)cc12. The largest absolute Gasteiger partial charge is 0.478 e. The number of alkyl halides is 6. The van der Waals surface area contributed by atoms with Crippen molar-refractivity contribution in [3.05, 3.63) is 125 Å². The van der Waals surface area contributed by atoms with Crippen LogP contribution in [0.2, 0.25) is 0 Å². The fourth-order valence-corrected chi connectivity index (χ4v) is 12.0. The second kappa shape index (κ2) is 32.8. The summed E-state index contributed by atoms with van der Waals surface area (Å²) >= 11 is 2.03. The third-order valence-corrected chi connectivity index (χ3v) is 16.0. The van der Waals surface area contributed by atoms with E-state index in [1.54, 1.807) is 0 Å². The summed E-state index contributed by atoms with van der Waals surface area (Å²) in [5.41, 5.74) is -4.96. The van der Waals surface area contributed by atoms with E-state index in [0.29, 0.717) is 96.9 Å². The quantitative estimate of drug-likeness (QED) is 0.0297. The zero-order valence-electron chi connectivity index (χ0n) is 45.6. The van der Waals surface area contributed by atoms with Crippen molar-refractivity contribution < 1.29 is 95.6 Å². The molecule has 8 rings (SSSR count). The number of piperazine rings is 2. The van der Waals surface area contributed by atoms with Gasteiger partial charge in [0.2, 0.25) is 0 Å². The molecule has 468 valence electrons. The van der Waals surface area contributed by atoms with Gasteiger partial charge in [0.15, 0.2) is 10.9 Å². The molecule has 2 aromatic carbocycles. The number of hydrogen-bond acceptors (Lipinski definition) is 18. The maximum atomic E-state index is 13.1. The van der Waals surface area contributed by atoms with Crippen molar-refractivity contribution in [3.63, 3.8) is 0 Å². The number of rotatable bonds is 14. The molecule has 0 amide bonds. The molecule has 4 aliphatic rings. The van der Waals surface area contributed by atoms with Crippen LogP contribution in [0.15, 0.2) is 82.4 Å². The van der Waals surface area contributed by atoms with Gasteiger partial charge in [-0.1, -0.05) is 38.5 Å². The number of aliphatic carboxylic acids is 6. The first-order valence-corrected chi connectivity index (χ1v) is 28.0. The van der Waals surface area contributed by atoms with Crippen molar-refractivity contribution in [1.82, 2.24) is 9.80 Å². The van der Waals surface area contributed by atoms with Crippen LogP contribution >= 0.6 is 22.7 Å². The maximum absolute atomic E-state index is 13.1. The number of carboxylic acid groups (broad SMARTS) is 6. The molecule has 2 saturated carbocycles. The third-order valence-electron chi connectivity index (χ3n) is 13.6. The van der Waals surface area contributed by atoms with Crippen molar-refractivity contribution in [2.75, 3.05) is 75.2 Å². The van der Waals surface area contributed by atoms with E-state index in [1.807, 2.05) is 9.80 Å². The molecular weight excluding hydrogens is 1200 g/mol. The summed E-state index contributed by atoms with van der Waals surface area (Å²) in [5.74, 6) is -6.07. The van der Waals surface area contributed by atoms with Gasteiger partial charge < -0.3 is 40.4 Å². The summed E-state index contributed by atoms with van der Waals surface area (Å²) in [4.78, 5) is 113. The van der Waals surface area contributed by atoms with Crippen LogP contribution < -0.4 is 20.7 Å². The van der Waals surface area contributed by atoms with Gasteiger partial charge >= 0.3 is 48.2 Å². The molecule has 86 heavy (non-hydrogen) atoms. The van der Waals surface area contributed by atoms with Crippen LogP contribution in [-0.4, -0.2) is 152 Å². The van der Waals surface area contributed by atoms with Gasteiger partial charge in [0.05, 0.1) is 31.0 Å². The summed E-state index contributed by atoms with van der Waals surface area (Å²) in [5, 5.41) is 70.4. The Morgan fingerprint density at radius 2 is 0.733 bits per heavy atom. The second-order valence-corrected chi connectivity index (χ2v) is 21.8. The molecule has 0 atom stereocenters. The van der Waals surface area contributed by atoms with E-state index in [4.69, 9.17) is 30.6 Å². The first-order valence-electron chi connectivity index (χ1n) is 26.4. The van der Waals surface area contributed by atoms with E-state index >= 15 is 0 Å². The van der Waals surface area contributed by atoms with Gasteiger partial charge in [0.25, 0.3) is 11.4 Å². The van der Waals surface area contributed by atoms with E-state index in [-0.39, 0.29) is 20.2 Å². The first kappa shape index (κ1) is 70.1. The molecule has 32 heteroatoms. The lowest BCUT2D eigenvalue weighted by Gasteiger charge is -2.38. The molecule has 0 bridgehead atoms. The van der Waals surface area contributed by atoms with E-state index in [1.165, 1.54) is 76.3 Å². The molecule has 24 nitrogen and oxygen atoms in total. The number of non-ortho nitro benzene ring substituents is 2. The smallest absolute Gasteiger partial charge is 0.416 e. The highest BCUT2D eigenvalue weighted by Gasteiger charge is 2.36. The van der Waals surface area contributed by atoms with Gasteiger partial charge in [-0.3, -0.25) is 39.6 Å². The van der Waals surface area contributed by atoms with E-state index in [9.17, 15) is 84.9 Å². The summed E-state index contributed by atoms with van der Waals surface area (Å²) < 4.78 is 78.8. The molecule has 2 aliphatic heterocycles. The minimum Gasteiger partial charge on any atom is -0.478 e. The fourth-order valence-electron chi connectivity index (χ4n) is 9.56. The number of fused-ring (bicyclic) bond motifs is 2. The predicted octanol–water partition coefficient (Wildman–Crippen LogP) is 8.92. The lowest BCUT2D eigenvalue weighted by molar-refractivity contribution is -0.383. The first-order chi connectivity index (χ1) is 40.3. The number of carboxylic acids is 6. The zero-order valence-corrected chi connectivity index (χ0v) is 47.2. The number of carbonyl (C=O) groups is 6. The molecule has 0 spiro atoms. The Morgan fingerprint density at radius 1 is 0.465 bits per heavy atom. The molecule has 0 radical (unpaired) electrons. The van der Waals surface area contributed by atoms with Crippen LogP contribution in [0.1, 0.15) is 75.3 Å². The number of hydrogen-bond donors (Lipinski definition) is 6. The molecule has 4 heterocycles. The van der Waals surface area contributed by atoms with Crippen LogP contribution in [0.3, 0.4) is 0 Å². The molecule has 6 N–H and O–H groups in total. The summed E-state index contributed by atoms with van der Waals surface area (Å²) in [6, 6.07) is 5.09. The highest BCUT2D eigenvalue weighted by atomic mass is 32.1. The Bertz CT molecular complexity index is 3010. The molecule has 0 unspecified atom stereocenters. The minimum absolute atomic E-state index is 0.00913. The Morgan fingerprint density at radius 3 is 0.965 bits per heavy atom. The van der Waals surface area contributed by atoms with E-state index in [0.717, 1.165) is 73.8 Å². The monoisotopic (exact) mass is 1260 g/mol. The number of benzene rings is 2. The lowest BCUT2D eigenvalue weighted by Crippen LogP contribution is -2.48. The molecule has 2 saturated heterocycles. The van der Waals surface area contributed by atoms with Gasteiger partial charge in [-0.05, 0) is 49.7 Å². The number of anilines is 2. The average Bonchev–Trinajstić information content (AvgIpc) is 0.866. The lowest BCUT2D eigenvalue weighted by atomic mass is 9.89. The normalized spacial score (nSPS) is 16.4. The van der Waals surface area contributed by atoms with Crippen LogP contribution in [0.25, 0.3) is 20.2 Å². The van der Waals surface area contributed by atoms with Crippen LogP contribution in [-0.2, 0) is 41.1 Å². The van der Waals surface area contributed by atoms with Gasteiger partial charge in [-0.2, -0.15) is 26.3 Å². The Labute approximate surface area is 492 Å².